The number of aryl methyl sites for hydroxylation is 1. The molecule has 2 heterocycles. The standard InChI is InChI=1S/C25H26FN3O2S2/c1-16-13-22(28-24(30)18-5-3-7-20(26)14-18)33-23(16)25(31)27-21-8-4-6-19(17(21)2)15-29-9-11-32-12-10-29/h3-8,13-14H,9-12,15H2,1-2H3,(H,27,31)(H,28,30). The molecule has 2 amide bonds. The van der Waals surface area contributed by atoms with E-state index in [0.29, 0.717) is 9.88 Å². The molecule has 1 aliphatic heterocycles. The van der Waals surface area contributed by atoms with Crippen LogP contribution >= 0.6 is 23.1 Å². The first-order chi connectivity index (χ1) is 15.9. The van der Waals surface area contributed by atoms with E-state index >= 15 is 0 Å². The lowest BCUT2D eigenvalue weighted by Gasteiger charge is -2.27. The van der Waals surface area contributed by atoms with Gasteiger partial charge in [0.15, 0.2) is 0 Å². The van der Waals surface area contributed by atoms with Crippen LogP contribution in [0, 0.1) is 19.7 Å². The summed E-state index contributed by atoms with van der Waals surface area (Å²) in [7, 11) is 0. The fraction of sp³-hybridized carbons (Fsp3) is 0.280. The van der Waals surface area contributed by atoms with Gasteiger partial charge in [-0.2, -0.15) is 11.8 Å². The molecule has 4 rings (SSSR count). The van der Waals surface area contributed by atoms with Crippen molar-refractivity contribution in [3.8, 4) is 0 Å². The Morgan fingerprint density at radius 3 is 2.52 bits per heavy atom. The lowest BCUT2D eigenvalue weighted by molar-refractivity contribution is 0.101. The largest absolute Gasteiger partial charge is 0.321 e. The third kappa shape index (κ3) is 5.82. The van der Waals surface area contributed by atoms with Gasteiger partial charge in [-0.1, -0.05) is 18.2 Å². The van der Waals surface area contributed by atoms with Crippen LogP contribution in [0.1, 0.15) is 36.7 Å². The molecule has 0 atom stereocenters. The summed E-state index contributed by atoms with van der Waals surface area (Å²) in [5.41, 5.74) is 4.07. The molecule has 0 saturated carbocycles. The maximum absolute atomic E-state index is 13.4. The number of thioether (sulfide) groups is 1. The highest BCUT2D eigenvalue weighted by molar-refractivity contribution is 7.99. The van der Waals surface area contributed by atoms with Gasteiger partial charge in [-0.05, 0) is 60.9 Å². The lowest BCUT2D eigenvalue weighted by Crippen LogP contribution is -2.32. The number of thiophene rings is 1. The van der Waals surface area contributed by atoms with Gasteiger partial charge >= 0.3 is 0 Å². The van der Waals surface area contributed by atoms with Crippen LogP contribution in [0.15, 0.2) is 48.5 Å². The first-order valence-corrected chi connectivity index (χ1v) is 12.7. The number of hydrogen-bond acceptors (Lipinski definition) is 5. The van der Waals surface area contributed by atoms with Crippen molar-refractivity contribution in [2.24, 2.45) is 0 Å². The number of amides is 2. The fourth-order valence-corrected chi connectivity index (χ4v) is 5.69. The summed E-state index contributed by atoms with van der Waals surface area (Å²) in [4.78, 5) is 28.4. The van der Waals surface area contributed by atoms with Crippen LogP contribution in [0.2, 0.25) is 0 Å². The van der Waals surface area contributed by atoms with Crippen molar-refractivity contribution in [1.82, 2.24) is 4.90 Å². The van der Waals surface area contributed by atoms with Crippen molar-refractivity contribution in [1.29, 1.82) is 0 Å². The Balaban J connectivity index is 1.45. The number of hydrogen-bond donors (Lipinski definition) is 2. The first-order valence-electron chi connectivity index (χ1n) is 10.8. The van der Waals surface area contributed by atoms with E-state index in [1.165, 1.54) is 35.1 Å². The van der Waals surface area contributed by atoms with E-state index < -0.39 is 11.7 Å². The molecule has 0 radical (unpaired) electrons. The summed E-state index contributed by atoms with van der Waals surface area (Å²) in [5, 5.41) is 6.34. The predicted molar refractivity (Wildman–Crippen MR) is 135 cm³/mol. The Morgan fingerprint density at radius 2 is 1.76 bits per heavy atom. The van der Waals surface area contributed by atoms with Crippen molar-refractivity contribution < 1.29 is 14.0 Å². The van der Waals surface area contributed by atoms with Crippen molar-refractivity contribution in [3.63, 3.8) is 0 Å². The summed E-state index contributed by atoms with van der Waals surface area (Å²) in [6.45, 7) is 6.92. The zero-order valence-electron chi connectivity index (χ0n) is 18.6. The molecule has 1 fully saturated rings. The van der Waals surface area contributed by atoms with Gasteiger partial charge < -0.3 is 10.6 Å². The number of nitrogens with zero attached hydrogens (tertiary/aromatic N) is 1. The Bertz CT molecular complexity index is 1170. The molecule has 0 unspecified atom stereocenters. The minimum atomic E-state index is -0.471. The van der Waals surface area contributed by atoms with Crippen LogP contribution in [0.25, 0.3) is 0 Å². The van der Waals surface area contributed by atoms with E-state index in [1.54, 1.807) is 12.1 Å². The summed E-state index contributed by atoms with van der Waals surface area (Å²) >= 11 is 3.19. The molecule has 2 aromatic carbocycles. The molecule has 8 heteroatoms. The van der Waals surface area contributed by atoms with Gasteiger partial charge in [0.2, 0.25) is 0 Å². The number of carbonyl (C=O) groups excluding carboxylic acids is 2. The van der Waals surface area contributed by atoms with Crippen LogP contribution in [-0.4, -0.2) is 41.3 Å². The van der Waals surface area contributed by atoms with Gasteiger partial charge in [-0.25, -0.2) is 4.39 Å². The molecule has 5 nitrogen and oxygen atoms in total. The zero-order chi connectivity index (χ0) is 23.4. The van der Waals surface area contributed by atoms with E-state index in [-0.39, 0.29) is 11.5 Å². The maximum atomic E-state index is 13.4. The molecular weight excluding hydrogens is 457 g/mol. The Kier molecular flexibility index (Phi) is 7.47. The summed E-state index contributed by atoms with van der Waals surface area (Å²) in [5.74, 6) is 1.22. The average Bonchev–Trinajstić information content (AvgIpc) is 3.17. The average molecular weight is 484 g/mol. The Labute approximate surface area is 201 Å². The van der Waals surface area contributed by atoms with Gasteiger partial charge in [0.05, 0.1) is 9.88 Å². The highest BCUT2D eigenvalue weighted by Gasteiger charge is 2.18. The van der Waals surface area contributed by atoms with Gasteiger partial charge in [0.25, 0.3) is 11.8 Å². The molecule has 1 aliphatic rings. The normalized spacial score (nSPS) is 14.2. The third-order valence-corrected chi connectivity index (χ3v) is 7.73. The summed E-state index contributed by atoms with van der Waals surface area (Å²) < 4.78 is 13.4. The number of anilines is 2. The van der Waals surface area contributed by atoms with E-state index in [1.807, 2.05) is 37.7 Å². The SMILES string of the molecule is Cc1cc(NC(=O)c2cccc(F)c2)sc1C(=O)Nc1cccc(CN2CCSCC2)c1C. The van der Waals surface area contributed by atoms with Crippen LogP contribution in [0.4, 0.5) is 15.1 Å². The molecular formula is C25H26FN3O2S2. The van der Waals surface area contributed by atoms with E-state index in [2.05, 4.69) is 21.6 Å². The maximum Gasteiger partial charge on any atom is 0.266 e. The molecule has 1 saturated heterocycles. The number of carbonyl (C=O) groups is 2. The number of halogens is 1. The van der Waals surface area contributed by atoms with Gasteiger partial charge in [0.1, 0.15) is 5.82 Å². The predicted octanol–water partition coefficient (Wildman–Crippen LogP) is 5.56. The van der Waals surface area contributed by atoms with Gasteiger partial charge in [-0.15, -0.1) is 11.3 Å². The van der Waals surface area contributed by atoms with Crippen molar-refractivity contribution >= 4 is 45.6 Å². The first kappa shape index (κ1) is 23.5. The molecule has 1 aromatic heterocycles. The number of nitrogens with one attached hydrogen (secondary N) is 2. The van der Waals surface area contributed by atoms with Gasteiger partial charge in [-0.3, -0.25) is 14.5 Å². The van der Waals surface area contributed by atoms with Crippen molar-refractivity contribution in [2.75, 3.05) is 35.2 Å². The molecule has 0 aliphatic carbocycles. The smallest absolute Gasteiger partial charge is 0.266 e. The van der Waals surface area contributed by atoms with Crippen LogP contribution in [0.5, 0.6) is 0 Å². The molecule has 0 bridgehead atoms. The highest BCUT2D eigenvalue weighted by atomic mass is 32.2. The molecule has 3 aromatic rings. The van der Waals surface area contributed by atoms with Crippen LogP contribution in [-0.2, 0) is 6.54 Å². The quantitative estimate of drug-likeness (QED) is 0.482. The van der Waals surface area contributed by atoms with E-state index in [4.69, 9.17) is 0 Å². The summed E-state index contributed by atoms with van der Waals surface area (Å²) in [6, 6.07) is 13.3. The topological polar surface area (TPSA) is 61.4 Å². The molecule has 33 heavy (non-hydrogen) atoms. The number of rotatable bonds is 6. The van der Waals surface area contributed by atoms with E-state index in [0.717, 1.165) is 48.0 Å². The Morgan fingerprint density at radius 1 is 1.00 bits per heavy atom. The van der Waals surface area contributed by atoms with Crippen molar-refractivity contribution in [2.45, 2.75) is 20.4 Å². The second kappa shape index (κ2) is 10.5. The van der Waals surface area contributed by atoms with Crippen LogP contribution < -0.4 is 10.6 Å². The van der Waals surface area contributed by atoms with Gasteiger partial charge in [0, 0.05) is 42.4 Å². The number of benzene rings is 2. The third-order valence-electron chi connectivity index (χ3n) is 5.64. The molecule has 2 N–H and O–H groups in total. The second-order valence-electron chi connectivity index (χ2n) is 8.02. The monoisotopic (exact) mass is 483 g/mol. The highest BCUT2D eigenvalue weighted by Crippen LogP contribution is 2.29. The molecule has 0 spiro atoms. The zero-order valence-corrected chi connectivity index (χ0v) is 20.2. The van der Waals surface area contributed by atoms with Crippen molar-refractivity contribution in [3.05, 3.63) is 81.5 Å². The minimum absolute atomic E-state index is 0.210. The Hall–Kier alpha value is -2.68. The van der Waals surface area contributed by atoms with E-state index in [9.17, 15) is 14.0 Å². The van der Waals surface area contributed by atoms with Crippen LogP contribution in [0.3, 0.4) is 0 Å². The molecule has 172 valence electrons. The second-order valence-corrected chi connectivity index (χ2v) is 10.3. The fourth-order valence-electron chi connectivity index (χ4n) is 3.75. The minimum Gasteiger partial charge on any atom is -0.321 e. The summed E-state index contributed by atoms with van der Waals surface area (Å²) in [6.07, 6.45) is 0. The lowest BCUT2D eigenvalue weighted by atomic mass is 10.1.